The Labute approximate surface area is 182 Å². The quantitative estimate of drug-likeness (QED) is 0.497. The van der Waals surface area contributed by atoms with Crippen LogP contribution in [-0.4, -0.2) is 48.2 Å². The summed E-state index contributed by atoms with van der Waals surface area (Å²) in [6.45, 7) is 2.53. The fourth-order valence-electron chi connectivity index (χ4n) is 3.92. The molecule has 0 bridgehead atoms. The number of rotatable bonds is 8. The number of ether oxygens (including phenoxy) is 1. The van der Waals surface area contributed by atoms with Gasteiger partial charge in [0, 0.05) is 31.7 Å². The molecule has 0 aliphatic carbocycles. The Hall–Kier alpha value is -2.77. The molecule has 6 nitrogen and oxygen atoms in total. The van der Waals surface area contributed by atoms with Gasteiger partial charge < -0.3 is 9.64 Å². The summed E-state index contributed by atoms with van der Waals surface area (Å²) in [5.74, 6) is -0.822. The van der Waals surface area contributed by atoms with Gasteiger partial charge in [-0.05, 0) is 67.0 Å². The van der Waals surface area contributed by atoms with E-state index in [9.17, 15) is 14.0 Å². The molecule has 31 heavy (non-hydrogen) atoms. The number of hydrogen-bond acceptors (Lipinski definition) is 4. The molecule has 1 atom stereocenters. The molecule has 1 saturated heterocycles. The fraction of sp³-hybridized carbons (Fsp3) is 0.417. The lowest BCUT2D eigenvalue weighted by Crippen LogP contribution is -2.34. The maximum absolute atomic E-state index is 13.8. The van der Waals surface area contributed by atoms with Gasteiger partial charge >= 0.3 is 0 Å². The molecule has 0 aromatic heterocycles. The van der Waals surface area contributed by atoms with E-state index in [1.54, 1.807) is 23.7 Å². The van der Waals surface area contributed by atoms with E-state index in [0.717, 1.165) is 36.8 Å². The van der Waals surface area contributed by atoms with Gasteiger partial charge in [0.1, 0.15) is 5.82 Å². The van der Waals surface area contributed by atoms with Crippen LogP contribution in [0.2, 0.25) is 0 Å². The summed E-state index contributed by atoms with van der Waals surface area (Å²) in [5, 5.41) is 8.71. The predicted octanol–water partition coefficient (Wildman–Crippen LogP) is 3.69. The number of hydroxylamine groups is 1. The third-order valence-corrected chi connectivity index (χ3v) is 5.65. The van der Waals surface area contributed by atoms with Crippen LogP contribution in [0, 0.1) is 5.82 Å². The van der Waals surface area contributed by atoms with Crippen molar-refractivity contribution < 1.29 is 23.9 Å². The van der Waals surface area contributed by atoms with E-state index in [2.05, 4.69) is 0 Å². The van der Waals surface area contributed by atoms with Crippen molar-refractivity contribution in [1.82, 2.24) is 10.4 Å². The predicted molar refractivity (Wildman–Crippen MR) is 114 cm³/mol. The number of amides is 2. The molecule has 1 unspecified atom stereocenters. The summed E-state index contributed by atoms with van der Waals surface area (Å²) in [6.07, 6.45) is 3.53. The van der Waals surface area contributed by atoms with Crippen molar-refractivity contribution in [3.8, 4) is 0 Å². The van der Waals surface area contributed by atoms with Gasteiger partial charge in [-0.25, -0.2) is 9.87 Å². The van der Waals surface area contributed by atoms with Crippen molar-refractivity contribution in [2.24, 2.45) is 0 Å². The topological polar surface area (TPSA) is 78.9 Å². The monoisotopic (exact) mass is 428 g/mol. The second kappa shape index (κ2) is 11.6. The highest BCUT2D eigenvalue weighted by atomic mass is 19.1. The first-order valence-electron chi connectivity index (χ1n) is 10.7. The average molecular weight is 429 g/mol. The number of hydrogen-bond donors (Lipinski definition) is 2. The fourth-order valence-corrected chi connectivity index (χ4v) is 3.92. The minimum atomic E-state index is -0.546. The van der Waals surface area contributed by atoms with Gasteiger partial charge in [0.2, 0.25) is 5.91 Å². The van der Waals surface area contributed by atoms with Gasteiger partial charge in [0.05, 0.1) is 6.61 Å². The molecular formula is C24H29FN2O4. The lowest BCUT2D eigenvalue weighted by Gasteiger charge is -2.24. The van der Waals surface area contributed by atoms with Crippen LogP contribution in [0.3, 0.4) is 0 Å². The number of carbonyl (C=O) groups is 2. The molecule has 2 aromatic carbocycles. The Morgan fingerprint density at radius 1 is 1.13 bits per heavy atom. The van der Waals surface area contributed by atoms with E-state index in [0.29, 0.717) is 38.3 Å². The Morgan fingerprint density at radius 3 is 2.68 bits per heavy atom. The molecule has 1 aliphatic heterocycles. The number of benzene rings is 2. The molecule has 7 heteroatoms. The van der Waals surface area contributed by atoms with E-state index >= 15 is 0 Å². The Kier molecular flexibility index (Phi) is 8.55. The van der Waals surface area contributed by atoms with Crippen LogP contribution in [0.25, 0.3) is 0 Å². The van der Waals surface area contributed by atoms with E-state index in [1.807, 2.05) is 23.1 Å². The molecule has 3 rings (SSSR count). The van der Waals surface area contributed by atoms with Crippen molar-refractivity contribution in [2.75, 3.05) is 26.3 Å². The minimum absolute atomic E-state index is 0.0631. The summed E-state index contributed by atoms with van der Waals surface area (Å²) in [7, 11) is 0. The normalized spacial score (nSPS) is 15.2. The first-order chi connectivity index (χ1) is 15.1. The summed E-state index contributed by atoms with van der Waals surface area (Å²) in [5.41, 5.74) is 3.90. The van der Waals surface area contributed by atoms with Gasteiger partial charge in [-0.1, -0.05) is 24.3 Å². The molecule has 2 aromatic rings. The SMILES string of the molecule is O=C(NO)c1ccc(CCCC(CC(=O)N2CCCOCC2)c2cccc(F)c2)cc1. The van der Waals surface area contributed by atoms with Crippen molar-refractivity contribution in [3.63, 3.8) is 0 Å². The van der Waals surface area contributed by atoms with Crippen LogP contribution in [0.4, 0.5) is 4.39 Å². The molecular weight excluding hydrogens is 399 g/mol. The van der Waals surface area contributed by atoms with Crippen LogP contribution >= 0.6 is 0 Å². The van der Waals surface area contributed by atoms with Crippen LogP contribution in [0.5, 0.6) is 0 Å². The summed E-state index contributed by atoms with van der Waals surface area (Å²) < 4.78 is 19.3. The van der Waals surface area contributed by atoms with Gasteiger partial charge in [0.25, 0.3) is 5.91 Å². The van der Waals surface area contributed by atoms with Crippen LogP contribution in [0.1, 0.15) is 53.1 Å². The largest absolute Gasteiger partial charge is 0.380 e. The first-order valence-corrected chi connectivity index (χ1v) is 10.7. The summed E-state index contributed by atoms with van der Waals surface area (Å²) in [6, 6.07) is 13.5. The molecule has 1 heterocycles. The third-order valence-electron chi connectivity index (χ3n) is 5.65. The lowest BCUT2D eigenvalue weighted by molar-refractivity contribution is -0.131. The zero-order valence-electron chi connectivity index (χ0n) is 17.6. The second-order valence-corrected chi connectivity index (χ2v) is 7.83. The molecule has 0 saturated carbocycles. The average Bonchev–Trinajstić information content (AvgIpc) is 3.08. The van der Waals surface area contributed by atoms with E-state index < -0.39 is 5.91 Å². The number of nitrogens with one attached hydrogen (secondary N) is 1. The van der Waals surface area contributed by atoms with Crippen molar-refractivity contribution in [2.45, 2.75) is 38.0 Å². The second-order valence-electron chi connectivity index (χ2n) is 7.83. The molecule has 1 fully saturated rings. The Morgan fingerprint density at radius 2 is 1.94 bits per heavy atom. The molecule has 0 radical (unpaired) electrons. The Balaban J connectivity index is 1.62. The standard InChI is InChI=1S/C24H29FN2O4/c25-22-7-2-6-20(16-22)21(17-23(28)27-12-3-14-31-15-13-27)5-1-4-18-8-10-19(11-9-18)24(29)26-30/h2,6-11,16,21,30H,1,3-5,12-15,17H2,(H,26,29). The summed E-state index contributed by atoms with van der Waals surface area (Å²) in [4.78, 5) is 26.2. The maximum atomic E-state index is 13.8. The van der Waals surface area contributed by atoms with Gasteiger partial charge in [-0.3, -0.25) is 14.8 Å². The highest BCUT2D eigenvalue weighted by Gasteiger charge is 2.22. The maximum Gasteiger partial charge on any atom is 0.274 e. The van der Waals surface area contributed by atoms with Crippen molar-refractivity contribution >= 4 is 11.8 Å². The minimum Gasteiger partial charge on any atom is -0.380 e. The van der Waals surface area contributed by atoms with Gasteiger partial charge in [-0.2, -0.15) is 0 Å². The third kappa shape index (κ3) is 6.87. The first kappa shape index (κ1) is 22.9. The van der Waals surface area contributed by atoms with E-state index in [4.69, 9.17) is 9.94 Å². The molecule has 2 amide bonds. The number of aryl methyl sites for hydroxylation is 1. The zero-order chi connectivity index (χ0) is 22.1. The molecule has 166 valence electrons. The van der Waals surface area contributed by atoms with Crippen molar-refractivity contribution in [1.29, 1.82) is 0 Å². The molecule has 1 aliphatic rings. The van der Waals surface area contributed by atoms with Gasteiger partial charge in [-0.15, -0.1) is 0 Å². The van der Waals surface area contributed by atoms with Crippen LogP contribution in [-0.2, 0) is 16.0 Å². The Bertz CT molecular complexity index is 864. The van der Waals surface area contributed by atoms with E-state index in [-0.39, 0.29) is 17.6 Å². The lowest BCUT2D eigenvalue weighted by atomic mass is 9.89. The smallest absolute Gasteiger partial charge is 0.274 e. The molecule has 2 N–H and O–H groups in total. The highest BCUT2D eigenvalue weighted by Crippen LogP contribution is 2.27. The number of halogens is 1. The summed E-state index contributed by atoms with van der Waals surface area (Å²) >= 11 is 0. The molecule has 0 spiro atoms. The van der Waals surface area contributed by atoms with E-state index in [1.165, 1.54) is 12.1 Å². The van der Waals surface area contributed by atoms with Crippen molar-refractivity contribution in [3.05, 3.63) is 71.0 Å². The number of carbonyl (C=O) groups excluding carboxylic acids is 2. The van der Waals surface area contributed by atoms with Crippen LogP contribution < -0.4 is 5.48 Å². The zero-order valence-corrected chi connectivity index (χ0v) is 17.6. The highest BCUT2D eigenvalue weighted by molar-refractivity contribution is 5.93. The van der Waals surface area contributed by atoms with Crippen LogP contribution in [0.15, 0.2) is 48.5 Å². The number of nitrogens with zero attached hydrogens (tertiary/aromatic N) is 1. The van der Waals surface area contributed by atoms with Gasteiger partial charge in [0.15, 0.2) is 0 Å².